The van der Waals surface area contributed by atoms with Crippen LogP contribution in [0, 0.1) is 23.2 Å². The van der Waals surface area contributed by atoms with Gasteiger partial charge < -0.3 is 4.74 Å². The van der Waals surface area contributed by atoms with E-state index in [1.807, 2.05) is 0 Å². The smallest absolute Gasteiger partial charge is 0.348 e. The molecule has 1 aromatic rings. The molecule has 22 heavy (non-hydrogen) atoms. The van der Waals surface area contributed by atoms with E-state index in [-0.39, 0.29) is 17.8 Å². The van der Waals surface area contributed by atoms with Crippen LogP contribution in [0.25, 0.3) is 0 Å². The van der Waals surface area contributed by atoms with Gasteiger partial charge in [0.2, 0.25) is 0 Å². The topological polar surface area (TPSA) is 43.4 Å². The zero-order valence-electron chi connectivity index (χ0n) is 12.3. The maximum Gasteiger partial charge on any atom is 0.348 e. The van der Waals surface area contributed by atoms with E-state index in [9.17, 15) is 9.59 Å². The highest BCUT2D eigenvalue weighted by Gasteiger charge is 2.54. The zero-order valence-corrected chi connectivity index (χ0v) is 13.9. The number of thiophene rings is 1. The van der Waals surface area contributed by atoms with E-state index >= 15 is 0 Å². The lowest BCUT2D eigenvalue weighted by atomic mass is 9.48. The molecule has 4 aliphatic carbocycles. The monoisotopic (exact) mass is 338 g/mol. The fourth-order valence-electron chi connectivity index (χ4n) is 5.23. The molecular weight excluding hydrogens is 320 g/mol. The summed E-state index contributed by atoms with van der Waals surface area (Å²) in [6, 6.07) is 3.31. The molecule has 0 aliphatic heterocycles. The SMILES string of the molecule is O=C(OCC(=O)C12CC3CC(CC(C3)C1)C2)c1ccc(Cl)s1. The highest BCUT2D eigenvalue weighted by molar-refractivity contribution is 7.17. The van der Waals surface area contributed by atoms with Gasteiger partial charge in [-0.2, -0.15) is 0 Å². The summed E-state index contributed by atoms with van der Waals surface area (Å²) in [6.07, 6.45) is 6.96. The quantitative estimate of drug-likeness (QED) is 0.767. The minimum Gasteiger partial charge on any atom is -0.453 e. The van der Waals surface area contributed by atoms with Crippen molar-refractivity contribution in [3.63, 3.8) is 0 Å². The molecule has 5 heteroatoms. The van der Waals surface area contributed by atoms with E-state index < -0.39 is 5.97 Å². The first-order valence-electron chi connectivity index (χ1n) is 8.00. The lowest BCUT2D eigenvalue weighted by Crippen LogP contribution is -2.51. The lowest BCUT2D eigenvalue weighted by Gasteiger charge is -2.55. The maximum absolute atomic E-state index is 12.7. The number of rotatable bonds is 4. The van der Waals surface area contributed by atoms with Gasteiger partial charge in [0.05, 0.1) is 4.34 Å². The molecule has 0 aromatic carbocycles. The Kier molecular flexibility index (Phi) is 3.57. The van der Waals surface area contributed by atoms with E-state index in [0.717, 1.165) is 37.0 Å². The van der Waals surface area contributed by atoms with Crippen molar-refractivity contribution in [3.8, 4) is 0 Å². The van der Waals surface area contributed by atoms with Crippen LogP contribution < -0.4 is 0 Å². The molecule has 1 heterocycles. The third-order valence-corrected chi connectivity index (χ3v) is 6.95. The molecule has 0 atom stereocenters. The number of ether oxygens (including phenoxy) is 1. The van der Waals surface area contributed by atoms with Gasteiger partial charge in [-0.25, -0.2) is 4.79 Å². The number of Topliss-reactive ketones (excluding diaryl/α,β-unsaturated/α-hetero) is 1. The van der Waals surface area contributed by atoms with Gasteiger partial charge in [-0.3, -0.25) is 4.79 Å². The summed E-state index contributed by atoms with van der Waals surface area (Å²) in [6.45, 7) is -0.0828. The minimum absolute atomic E-state index is 0.0828. The van der Waals surface area contributed by atoms with E-state index in [1.165, 1.54) is 30.6 Å². The number of esters is 1. The Balaban J connectivity index is 1.41. The number of carbonyl (C=O) groups is 2. The maximum atomic E-state index is 12.7. The molecule has 4 aliphatic rings. The van der Waals surface area contributed by atoms with Crippen molar-refractivity contribution in [3.05, 3.63) is 21.3 Å². The second-order valence-corrected chi connectivity index (χ2v) is 9.02. The molecule has 0 radical (unpaired) electrons. The molecule has 0 spiro atoms. The lowest BCUT2D eigenvalue weighted by molar-refractivity contribution is -0.147. The third-order valence-electron chi connectivity index (χ3n) is 5.74. The second-order valence-electron chi connectivity index (χ2n) is 7.30. The summed E-state index contributed by atoms with van der Waals surface area (Å²) in [7, 11) is 0. The normalized spacial score (nSPS) is 35.6. The Bertz CT molecular complexity index is 586. The zero-order chi connectivity index (χ0) is 15.3. The van der Waals surface area contributed by atoms with Gasteiger partial charge in [0.15, 0.2) is 12.4 Å². The van der Waals surface area contributed by atoms with E-state index in [0.29, 0.717) is 9.21 Å². The number of hydrogen-bond acceptors (Lipinski definition) is 4. The molecule has 4 fully saturated rings. The van der Waals surface area contributed by atoms with Crippen LogP contribution in [0.3, 0.4) is 0 Å². The highest BCUT2D eigenvalue weighted by Crippen LogP contribution is 2.60. The molecule has 0 amide bonds. The molecule has 3 nitrogen and oxygen atoms in total. The Morgan fingerprint density at radius 3 is 2.23 bits per heavy atom. The fourth-order valence-corrected chi connectivity index (χ4v) is 6.17. The van der Waals surface area contributed by atoms with Crippen molar-refractivity contribution in [2.24, 2.45) is 23.2 Å². The Labute approximate surface area is 139 Å². The van der Waals surface area contributed by atoms with Gasteiger partial charge >= 0.3 is 5.97 Å². The first kappa shape index (κ1) is 14.7. The van der Waals surface area contributed by atoms with Crippen LogP contribution in [0.15, 0.2) is 12.1 Å². The highest BCUT2D eigenvalue weighted by atomic mass is 35.5. The van der Waals surface area contributed by atoms with Crippen molar-refractivity contribution in [1.29, 1.82) is 0 Å². The molecule has 1 aromatic heterocycles. The van der Waals surface area contributed by atoms with Gasteiger partial charge in [0.25, 0.3) is 0 Å². The van der Waals surface area contributed by atoms with E-state index in [4.69, 9.17) is 16.3 Å². The standard InChI is InChI=1S/C17H19ClO3S/c18-15-2-1-13(22-15)16(20)21-9-14(19)17-6-10-3-11(7-17)5-12(4-10)8-17/h1-2,10-12H,3-9H2. The molecule has 4 saturated carbocycles. The minimum atomic E-state index is -0.435. The van der Waals surface area contributed by atoms with Crippen LogP contribution in [0.1, 0.15) is 48.2 Å². The van der Waals surface area contributed by atoms with Crippen LogP contribution in [0.4, 0.5) is 0 Å². The van der Waals surface area contributed by atoms with Crippen LogP contribution >= 0.6 is 22.9 Å². The van der Waals surface area contributed by atoms with Gasteiger partial charge in [-0.05, 0) is 68.4 Å². The second kappa shape index (κ2) is 5.34. The van der Waals surface area contributed by atoms with Crippen molar-refractivity contribution in [2.45, 2.75) is 38.5 Å². The number of hydrogen-bond donors (Lipinski definition) is 0. The van der Waals surface area contributed by atoms with E-state index in [2.05, 4.69) is 0 Å². The Hall–Kier alpha value is -0.870. The predicted octanol–water partition coefficient (Wildman–Crippen LogP) is 4.34. The Morgan fingerprint density at radius 1 is 1.14 bits per heavy atom. The predicted molar refractivity (Wildman–Crippen MR) is 85.2 cm³/mol. The molecule has 118 valence electrons. The number of carbonyl (C=O) groups excluding carboxylic acids is 2. The molecular formula is C17H19ClO3S. The Morgan fingerprint density at radius 2 is 1.73 bits per heavy atom. The molecule has 0 N–H and O–H groups in total. The molecule has 0 saturated heterocycles. The average molecular weight is 339 g/mol. The van der Waals surface area contributed by atoms with Crippen molar-refractivity contribution in [1.82, 2.24) is 0 Å². The largest absolute Gasteiger partial charge is 0.453 e. The number of halogens is 1. The van der Waals surface area contributed by atoms with Crippen molar-refractivity contribution >= 4 is 34.7 Å². The number of ketones is 1. The molecule has 0 unspecified atom stereocenters. The van der Waals surface area contributed by atoms with Crippen LogP contribution in [-0.2, 0) is 9.53 Å². The van der Waals surface area contributed by atoms with Gasteiger partial charge in [-0.15, -0.1) is 11.3 Å². The van der Waals surface area contributed by atoms with E-state index in [1.54, 1.807) is 12.1 Å². The summed E-state index contributed by atoms with van der Waals surface area (Å²) >= 11 is 7.01. The molecule has 4 bridgehead atoms. The van der Waals surface area contributed by atoms with Crippen molar-refractivity contribution < 1.29 is 14.3 Å². The van der Waals surface area contributed by atoms with Gasteiger partial charge in [-0.1, -0.05) is 11.6 Å². The first-order valence-corrected chi connectivity index (χ1v) is 9.19. The van der Waals surface area contributed by atoms with Crippen molar-refractivity contribution in [2.75, 3.05) is 6.61 Å². The third kappa shape index (κ3) is 2.50. The van der Waals surface area contributed by atoms with Crippen LogP contribution in [0.2, 0.25) is 4.34 Å². The fraction of sp³-hybridized carbons (Fsp3) is 0.647. The summed E-state index contributed by atoms with van der Waals surface area (Å²) in [5, 5.41) is 0. The van der Waals surface area contributed by atoms with Crippen LogP contribution in [0.5, 0.6) is 0 Å². The van der Waals surface area contributed by atoms with Gasteiger partial charge in [0.1, 0.15) is 4.88 Å². The summed E-state index contributed by atoms with van der Waals surface area (Å²) in [5.74, 6) is 1.88. The summed E-state index contributed by atoms with van der Waals surface area (Å²) < 4.78 is 5.81. The first-order chi connectivity index (χ1) is 10.5. The summed E-state index contributed by atoms with van der Waals surface area (Å²) in [4.78, 5) is 25.2. The summed E-state index contributed by atoms with van der Waals surface area (Å²) in [5.41, 5.74) is -0.192. The average Bonchev–Trinajstić information content (AvgIpc) is 2.89. The van der Waals surface area contributed by atoms with Crippen LogP contribution in [-0.4, -0.2) is 18.4 Å². The molecule has 5 rings (SSSR count). The van der Waals surface area contributed by atoms with Gasteiger partial charge in [0, 0.05) is 5.41 Å².